The molecule has 1 radical (unpaired) electrons. The summed E-state index contributed by atoms with van der Waals surface area (Å²) in [5, 5.41) is 0. The maximum absolute atomic E-state index is 12.1. The molecule has 0 aromatic carbocycles. The van der Waals surface area contributed by atoms with Crippen LogP contribution in [0.1, 0.15) is 0 Å². The van der Waals surface area contributed by atoms with E-state index in [2.05, 4.69) is 4.98 Å². The molecule has 0 amide bonds. The SMILES string of the molecule is Nc1cnc(F)[c]c1F. The Balaban J connectivity index is 3.17. The van der Waals surface area contributed by atoms with E-state index in [-0.39, 0.29) is 5.69 Å². The van der Waals surface area contributed by atoms with Crippen molar-refractivity contribution in [3.05, 3.63) is 24.0 Å². The van der Waals surface area contributed by atoms with Gasteiger partial charge in [-0.25, -0.2) is 9.37 Å². The average molecular weight is 129 g/mol. The first kappa shape index (κ1) is 5.94. The maximum Gasteiger partial charge on any atom is 0.224 e. The van der Waals surface area contributed by atoms with Gasteiger partial charge in [0, 0.05) is 0 Å². The summed E-state index contributed by atoms with van der Waals surface area (Å²) in [5.74, 6) is -1.89. The molecule has 0 unspecified atom stereocenters. The van der Waals surface area contributed by atoms with Gasteiger partial charge in [0.25, 0.3) is 0 Å². The average Bonchev–Trinajstić information content (AvgIpc) is 1.80. The molecular formula is C5H3F2N2. The van der Waals surface area contributed by atoms with Gasteiger partial charge in [-0.2, -0.15) is 4.39 Å². The fourth-order valence-corrected chi connectivity index (χ4v) is 0.378. The normalized spacial score (nSPS) is 9.56. The molecule has 47 valence electrons. The van der Waals surface area contributed by atoms with E-state index in [1.807, 2.05) is 0 Å². The van der Waals surface area contributed by atoms with Crippen molar-refractivity contribution >= 4 is 5.69 Å². The predicted molar refractivity (Wildman–Crippen MR) is 27.4 cm³/mol. The van der Waals surface area contributed by atoms with Crippen LogP contribution in [0.5, 0.6) is 0 Å². The van der Waals surface area contributed by atoms with Gasteiger partial charge < -0.3 is 5.73 Å². The first-order chi connectivity index (χ1) is 4.20. The summed E-state index contributed by atoms with van der Waals surface area (Å²) >= 11 is 0. The van der Waals surface area contributed by atoms with Crippen molar-refractivity contribution in [2.75, 3.05) is 5.73 Å². The molecule has 9 heavy (non-hydrogen) atoms. The van der Waals surface area contributed by atoms with Crippen molar-refractivity contribution in [2.24, 2.45) is 0 Å². The standard InChI is InChI=1S/C5H3F2N2/c6-3-1-5(7)9-2-4(3)8/h2H,8H2. The Morgan fingerprint density at radius 2 is 2.22 bits per heavy atom. The molecule has 0 aliphatic heterocycles. The second kappa shape index (κ2) is 1.97. The zero-order valence-electron chi connectivity index (χ0n) is 4.36. The van der Waals surface area contributed by atoms with Gasteiger partial charge in [-0.1, -0.05) is 0 Å². The lowest BCUT2D eigenvalue weighted by molar-refractivity contribution is 0.551. The fraction of sp³-hybridized carbons (Fsp3) is 0. The Labute approximate surface area is 50.3 Å². The topological polar surface area (TPSA) is 38.9 Å². The van der Waals surface area contributed by atoms with Crippen molar-refractivity contribution in [3.63, 3.8) is 0 Å². The first-order valence-electron chi connectivity index (χ1n) is 2.19. The Hall–Kier alpha value is -1.19. The molecule has 0 fully saturated rings. The molecule has 2 nitrogen and oxygen atoms in total. The minimum absolute atomic E-state index is 0.198. The summed E-state index contributed by atoms with van der Waals surface area (Å²) in [6, 6.07) is 1.67. The molecular weight excluding hydrogens is 126 g/mol. The van der Waals surface area contributed by atoms with E-state index in [4.69, 9.17) is 5.73 Å². The highest BCUT2D eigenvalue weighted by molar-refractivity contribution is 5.34. The summed E-state index contributed by atoms with van der Waals surface area (Å²) in [6.45, 7) is 0. The molecule has 1 heterocycles. The van der Waals surface area contributed by atoms with Crippen LogP contribution in [0.4, 0.5) is 14.5 Å². The smallest absolute Gasteiger partial charge is 0.224 e. The molecule has 1 aromatic heterocycles. The largest absolute Gasteiger partial charge is 0.395 e. The predicted octanol–water partition coefficient (Wildman–Crippen LogP) is 0.742. The van der Waals surface area contributed by atoms with Crippen LogP contribution in [-0.2, 0) is 0 Å². The summed E-state index contributed by atoms with van der Waals surface area (Å²) in [5.41, 5.74) is 4.76. The summed E-state index contributed by atoms with van der Waals surface area (Å²) in [7, 11) is 0. The minimum Gasteiger partial charge on any atom is -0.395 e. The monoisotopic (exact) mass is 129 g/mol. The van der Waals surface area contributed by atoms with E-state index in [1.165, 1.54) is 0 Å². The number of hydrogen-bond donors (Lipinski definition) is 1. The van der Waals surface area contributed by atoms with Crippen LogP contribution < -0.4 is 5.73 Å². The number of nitrogens with zero attached hydrogens (tertiary/aromatic N) is 1. The number of nitrogens with two attached hydrogens (primary N) is 1. The third kappa shape index (κ3) is 1.13. The summed E-state index contributed by atoms with van der Waals surface area (Å²) in [6.07, 6.45) is 0.904. The van der Waals surface area contributed by atoms with Crippen LogP contribution in [0.15, 0.2) is 6.20 Å². The highest BCUT2D eigenvalue weighted by Gasteiger charge is 1.99. The quantitative estimate of drug-likeness (QED) is 0.525. The highest BCUT2D eigenvalue weighted by Crippen LogP contribution is 2.05. The van der Waals surface area contributed by atoms with Gasteiger partial charge in [0.15, 0.2) is 5.82 Å². The number of nitrogen functional groups attached to an aromatic ring is 1. The maximum atomic E-state index is 12.1. The van der Waals surface area contributed by atoms with E-state index >= 15 is 0 Å². The lowest BCUT2D eigenvalue weighted by atomic mass is 10.4. The summed E-state index contributed by atoms with van der Waals surface area (Å²) < 4.78 is 24.0. The number of anilines is 1. The number of pyridine rings is 1. The van der Waals surface area contributed by atoms with Crippen molar-refractivity contribution in [1.29, 1.82) is 0 Å². The number of hydrogen-bond acceptors (Lipinski definition) is 2. The van der Waals surface area contributed by atoms with Crippen LogP contribution in [0.25, 0.3) is 0 Å². The first-order valence-corrected chi connectivity index (χ1v) is 2.19. The van der Waals surface area contributed by atoms with Crippen LogP contribution in [0.3, 0.4) is 0 Å². The Morgan fingerprint density at radius 1 is 1.56 bits per heavy atom. The fourth-order valence-electron chi connectivity index (χ4n) is 0.378. The van der Waals surface area contributed by atoms with Crippen molar-refractivity contribution in [1.82, 2.24) is 4.98 Å². The minimum atomic E-state index is -0.985. The van der Waals surface area contributed by atoms with Crippen molar-refractivity contribution in [2.45, 2.75) is 0 Å². The van der Waals surface area contributed by atoms with Gasteiger partial charge in [-0.15, -0.1) is 0 Å². The van der Waals surface area contributed by atoms with Gasteiger partial charge in [0.1, 0.15) is 0 Å². The van der Waals surface area contributed by atoms with E-state index in [0.717, 1.165) is 6.20 Å². The molecule has 2 N–H and O–H groups in total. The van der Waals surface area contributed by atoms with Gasteiger partial charge >= 0.3 is 0 Å². The molecule has 1 aromatic rings. The molecule has 4 heteroatoms. The van der Waals surface area contributed by atoms with Gasteiger partial charge in [0.05, 0.1) is 18.0 Å². The zero-order chi connectivity index (χ0) is 6.85. The highest BCUT2D eigenvalue weighted by atomic mass is 19.1. The van der Waals surface area contributed by atoms with E-state index in [0.29, 0.717) is 0 Å². The molecule has 0 aliphatic carbocycles. The second-order valence-corrected chi connectivity index (χ2v) is 1.44. The van der Waals surface area contributed by atoms with Crippen LogP contribution in [0.2, 0.25) is 0 Å². The Morgan fingerprint density at radius 3 is 2.67 bits per heavy atom. The van der Waals surface area contributed by atoms with Gasteiger partial charge in [-0.3, -0.25) is 0 Å². The Kier molecular flexibility index (Phi) is 1.30. The van der Waals surface area contributed by atoms with Gasteiger partial charge in [-0.05, 0) is 0 Å². The van der Waals surface area contributed by atoms with Crippen molar-refractivity contribution in [3.8, 4) is 0 Å². The molecule has 0 spiro atoms. The Bertz CT molecular complexity index is 224. The lowest BCUT2D eigenvalue weighted by Crippen LogP contribution is -1.93. The van der Waals surface area contributed by atoms with Crippen LogP contribution in [-0.4, -0.2) is 4.98 Å². The third-order valence-electron chi connectivity index (χ3n) is 0.783. The van der Waals surface area contributed by atoms with Crippen LogP contribution >= 0.6 is 0 Å². The van der Waals surface area contributed by atoms with E-state index < -0.39 is 11.8 Å². The molecule has 0 saturated heterocycles. The zero-order valence-corrected chi connectivity index (χ0v) is 4.36. The lowest BCUT2D eigenvalue weighted by Gasteiger charge is -1.90. The van der Waals surface area contributed by atoms with Crippen molar-refractivity contribution < 1.29 is 8.78 Å². The molecule has 0 saturated carbocycles. The molecule has 0 aliphatic rings. The third-order valence-corrected chi connectivity index (χ3v) is 0.783. The van der Waals surface area contributed by atoms with Gasteiger partial charge in [0.2, 0.25) is 5.95 Å². The van der Waals surface area contributed by atoms with Crippen LogP contribution in [0, 0.1) is 17.8 Å². The van der Waals surface area contributed by atoms with E-state index in [1.54, 1.807) is 6.07 Å². The molecule has 0 bridgehead atoms. The number of rotatable bonds is 0. The summed E-state index contributed by atoms with van der Waals surface area (Å²) in [4.78, 5) is 3.05. The number of aromatic nitrogens is 1. The molecule has 0 atom stereocenters. The molecule has 1 rings (SSSR count). The second-order valence-electron chi connectivity index (χ2n) is 1.44. The number of halogens is 2. The van der Waals surface area contributed by atoms with E-state index in [9.17, 15) is 8.78 Å².